The van der Waals surface area contributed by atoms with Gasteiger partial charge in [-0.3, -0.25) is 9.69 Å². The van der Waals surface area contributed by atoms with Crippen LogP contribution >= 0.6 is 0 Å². The zero-order valence-electron chi connectivity index (χ0n) is 15.3. The van der Waals surface area contributed by atoms with E-state index in [4.69, 9.17) is 0 Å². The van der Waals surface area contributed by atoms with Gasteiger partial charge in [-0.25, -0.2) is 0 Å². The minimum Gasteiger partial charge on any atom is -0.312 e. The number of aryl methyl sites for hydroxylation is 1. The van der Waals surface area contributed by atoms with E-state index in [-0.39, 0.29) is 5.91 Å². The quantitative estimate of drug-likeness (QED) is 0.786. The molecule has 0 aromatic heterocycles. The number of hydrogen-bond donors (Lipinski definition) is 0. The summed E-state index contributed by atoms with van der Waals surface area (Å²) in [6, 6.07) is 19.2. The van der Waals surface area contributed by atoms with Gasteiger partial charge in [0.1, 0.15) is 0 Å². The van der Waals surface area contributed by atoms with Gasteiger partial charge in [-0.1, -0.05) is 48.5 Å². The summed E-state index contributed by atoms with van der Waals surface area (Å²) in [5.41, 5.74) is 3.71. The van der Waals surface area contributed by atoms with Gasteiger partial charge < -0.3 is 4.90 Å². The Morgan fingerprint density at radius 3 is 2.56 bits per heavy atom. The first-order valence-corrected chi connectivity index (χ1v) is 9.31. The fourth-order valence-electron chi connectivity index (χ4n) is 3.50. The summed E-state index contributed by atoms with van der Waals surface area (Å²) in [5.74, 6) is 0.242. The Balaban J connectivity index is 1.62. The molecular formula is C22H28N2O. The number of anilines is 1. The highest BCUT2D eigenvalue weighted by Gasteiger charge is 2.22. The predicted molar refractivity (Wildman–Crippen MR) is 104 cm³/mol. The Morgan fingerprint density at radius 2 is 1.80 bits per heavy atom. The molecule has 0 N–H and O–H groups in total. The predicted octanol–water partition coefficient (Wildman–Crippen LogP) is 4.27. The summed E-state index contributed by atoms with van der Waals surface area (Å²) in [7, 11) is 0. The molecule has 3 nitrogen and oxygen atoms in total. The van der Waals surface area contributed by atoms with Gasteiger partial charge in [-0.2, -0.15) is 0 Å². The van der Waals surface area contributed by atoms with Crippen LogP contribution in [-0.4, -0.2) is 29.9 Å². The van der Waals surface area contributed by atoms with Crippen molar-refractivity contribution in [2.45, 2.75) is 45.7 Å². The molecule has 1 heterocycles. The molecule has 2 aromatic carbocycles. The van der Waals surface area contributed by atoms with E-state index in [0.717, 1.165) is 38.2 Å². The molecule has 25 heavy (non-hydrogen) atoms. The molecule has 0 aliphatic carbocycles. The molecule has 0 fully saturated rings. The number of para-hydroxylation sites is 1. The normalized spacial score (nSPS) is 14.0. The number of hydrogen-bond acceptors (Lipinski definition) is 2. The van der Waals surface area contributed by atoms with Crippen LogP contribution in [0.1, 0.15) is 37.8 Å². The standard InChI is InChI=1S/C22H28N2O/c1-18(2)23(17-19-9-4-3-5-10-19)16-14-22(25)24-15-8-12-20-11-6-7-13-21(20)24/h3-7,9-11,13,18H,8,12,14-17H2,1-2H3. The van der Waals surface area contributed by atoms with E-state index in [0.29, 0.717) is 12.5 Å². The smallest absolute Gasteiger partial charge is 0.228 e. The molecule has 0 atom stereocenters. The third kappa shape index (κ3) is 4.49. The van der Waals surface area contributed by atoms with Crippen molar-refractivity contribution < 1.29 is 4.79 Å². The average molecular weight is 336 g/mol. The summed E-state index contributed by atoms with van der Waals surface area (Å²) in [6.45, 7) is 6.93. The second-order valence-corrected chi connectivity index (χ2v) is 7.08. The van der Waals surface area contributed by atoms with Crippen molar-refractivity contribution >= 4 is 11.6 Å². The molecule has 0 bridgehead atoms. The van der Waals surface area contributed by atoms with Gasteiger partial charge in [0, 0.05) is 37.8 Å². The maximum Gasteiger partial charge on any atom is 0.228 e. The molecule has 0 saturated heterocycles. The van der Waals surface area contributed by atoms with Gasteiger partial charge in [0.25, 0.3) is 0 Å². The SMILES string of the molecule is CC(C)N(CCC(=O)N1CCCc2ccccc21)Cc1ccccc1. The molecular weight excluding hydrogens is 308 g/mol. The van der Waals surface area contributed by atoms with Crippen LogP contribution < -0.4 is 4.90 Å². The van der Waals surface area contributed by atoms with Crippen molar-refractivity contribution in [3.05, 3.63) is 65.7 Å². The second-order valence-electron chi connectivity index (χ2n) is 7.08. The molecule has 0 unspecified atom stereocenters. The van der Waals surface area contributed by atoms with Crippen LogP contribution in [-0.2, 0) is 17.8 Å². The van der Waals surface area contributed by atoms with E-state index in [1.54, 1.807) is 0 Å². The first-order chi connectivity index (χ1) is 12.1. The van der Waals surface area contributed by atoms with Crippen LogP contribution in [0.4, 0.5) is 5.69 Å². The molecule has 0 spiro atoms. The lowest BCUT2D eigenvalue weighted by Gasteiger charge is -2.31. The fourth-order valence-corrected chi connectivity index (χ4v) is 3.50. The second kappa shape index (κ2) is 8.30. The summed E-state index contributed by atoms with van der Waals surface area (Å²) in [6.07, 6.45) is 2.70. The molecule has 3 rings (SSSR count). The minimum absolute atomic E-state index is 0.242. The van der Waals surface area contributed by atoms with E-state index in [1.807, 2.05) is 17.0 Å². The summed E-state index contributed by atoms with van der Waals surface area (Å²) in [4.78, 5) is 17.2. The molecule has 0 saturated carbocycles. The van der Waals surface area contributed by atoms with Crippen LogP contribution in [0.15, 0.2) is 54.6 Å². The summed E-state index contributed by atoms with van der Waals surface area (Å²) in [5, 5.41) is 0. The lowest BCUT2D eigenvalue weighted by molar-refractivity contribution is -0.119. The zero-order chi connectivity index (χ0) is 17.6. The van der Waals surface area contributed by atoms with Crippen LogP contribution in [0.5, 0.6) is 0 Å². The Hall–Kier alpha value is -2.13. The van der Waals surface area contributed by atoms with Gasteiger partial charge in [-0.15, -0.1) is 0 Å². The van der Waals surface area contributed by atoms with Crippen molar-refractivity contribution in [2.24, 2.45) is 0 Å². The molecule has 1 aliphatic rings. The number of amides is 1. The first kappa shape index (κ1) is 17.7. The maximum atomic E-state index is 12.8. The highest BCUT2D eigenvalue weighted by Crippen LogP contribution is 2.27. The lowest BCUT2D eigenvalue weighted by atomic mass is 10.0. The fraction of sp³-hybridized carbons (Fsp3) is 0.409. The van der Waals surface area contributed by atoms with Crippen LogP contribution in [0, 0.1) is 0 Å². The van der Waals surface area contributed by atoms with Gasteiger partial charge in [0.05, 0.1) is 0 Å². The van der Waals surface area contributed by atoms with Gasteiger partial charge in [0.15, 0.2) is 0 Å². The number of rotatable bonds is 6. The van der Waals surface area contributed by atoms with Crippen molar-refractivity contribution in [2.75, 3.05) is 18.0 Å². The van der Waals surface area contributed by atoms with Crippen molar-refractivity contribution in [3.63, 3.8) is 0 Å². The highest BCUT2D eigenvalue weighted by molar-refractivity contribution is 5.94. The van der Waals surface area contributed by atoms with Gasteiger partial charge in [0.2, 0.25) is 5.91 Å². The van der Waals surface area contributed by atoms with E-state index in [2.05, 4.69) is 61.2 Å². The van der Waals surface area contributed by atoms with Crippen molar-refractivity contribution in [1.82, 2.24) is 4.90 Å². The third-order valence-electron chi connectivity index (χ3n) is 4.98. The van der Waals surface area contributed by atoms with Crippen LogP contribution in [0.25, 0.3) is 0 Å². The summed E-state index contributed by atoms with van der Waals surface area (Å²) < 4.78 is 0. The monoisotopic (exact) mass is 336 g/mol. The Bertz CT molecular complexity index is 696. The largest absolute Gasteiger partial charge is 0.312 e. The van der Waals surface area contributed by atoms with Gasteiger partial charge >= 0.3 is 0 Å². The molecule has 132 valence electrons. The van der Waals surface area contributed by atoms with Gasteiger partial charge in [-0.05, 0) is 43.9 Å². The van der Waals surface area contributed by atoms with Crippen LogP contribution in [0.2, 0.25) is 0 Å². The summed E-state index contributed by atoms with van der Waals surface area (Å²) >= 11 is 0. The molecule has 2 aromatic rings. The van der Waals surface area contributed by atoms with E-state index >= 15 is 0 Å². The van der Waals surface area contributed by atoms with E-state index < -0.39 is 0 Å². The molecule has 1 aliphatic heterocycles. The van der Waals surface area contributed by atoms with E-state index in [9.17, 15) is 4.79 Å². The van der Waals surface area contributed by atoms with E-state index in [1.165, 1.54) is 11.1 Å². The Morgan fingerprint density at radius 1 is 1.08 bits per heavy atom. The number of carbonyl (C=O) groups excluding carboxylic acids is 1. The first-order valence-electron chi connectivity index (χ1n) is 9.31. The van der Waals surface area contributed by atoms with Crippen LogP contribution in [0.3, 0.4) is 0 Å². The zero-order valence-corrected chi connectivity index (χ0v) is 15.3. The van der Waals surface area contributed by atoms with Crippen molar-refractivity contribution in [3.8, 4) is 0 Å². The number of carbonyl (C=O) groups is 1. The Labute approximate surface area is 151 Å². The average Bonchev–Trinajstić information content (AvgIpc) is 2.65. The Kier molecular flexibility index (Phi) is 5.87. The number of benzene rings is 2. The van der Waals surface area contributed by atoms with Crippen molar-refractivity contribution in [1.29, 1.82) is 0 Å². The minimum atomic E-state index is 0.242. The maximum absolute atomic E-state index is 12.8. The molecule has 1 amide bonds. The molecule has 3 heteroatoms. The third-order valence-corrected chi connectivity index (χ3v) is 4.98. The lowest BCUT2D eigenvalue weighted by Crippen LogP contribution is -2.39. The molecule has 0 radical (unpaired) electrons. The number of nitrogens with zero attached hydrogens (tertiary/aromatic N) is 2. The highest BCUT2D eigenvalue weighted by atomic mass is 16.2. The topological polar surface area (TPSA) is 23.6 Å². The number of fused-ring (bicyclic) bond motifs is 1.